The lowest BCUT2D eigenvalue weighted by Crippen LogP contribution is -2.02. The molecular formula is C32H45NO. The molecule has 0 aliphatic heterocycles. The van der Waals surface area contributed by atoms with E-state index in [0.29, 0.717) is 0 Å². The number of hydrogen-bond acceptors (Lipinski definition) is 2. The molecule has 2 heteroatoms. The van der Waals surface area contributed by atoms with Crippen LogP contribution in [0.3, 0.4) is 0 Å². The van der Waals surface area contributed by atoms with E-state index >= 15 is 0 Å². The molecule has 0 aliphatic rings. The molecule has 2 aromatic rings. The maximum Gasteiger partial charge on any atom is 0.0636 e. The van der Waals surface area contributed by atoms with Gasteiger partial charge >= 0.3 is 0 Å². The van der Waals surface area contributed by atoms with Gasteiger partial charge in [-0.25, -0.2) is 0 Å². The predicted molar refractivity (Wildman–Crippen MR) is 149 cm³/mol. The Kier molecular flexibility index (Phi) is 13.3. The lowest BCUT2D eigenvalue weighted by atomic mass is 9.94. The molecule has 1 aromatic carbocycles. The van der Waals surface area contributed by atoms with Gasteiger partial charge in [-0.15, -0.1) is 0 Å². The maximum absolute atomic E-state index is 5.62. The molecule has 34 heavy (non-hydrogen) atoms. The van der Waals surface area contributed by atoms with Gasteiger partial charge in [-0.3, -0.25) is 4.98 Å². The first-order valence-electron chi connectivity index (χ1n) is 13.2. The van der Waals surface area contributed by atoms with Crippen LogP contribution in [0.25, 0.3) is 11.6 Å². The summed E-state index contributed by atoms with van der Waals surface area (Å²) in [6.07, 6.45) is 17.4. The Labute approximate surface area is 208 Å². The fourth-order valence-corrected chi connectivity index (χ4v) is 4.05. The van der Waals surface area contributed by atoms with Crippen molar-refractivity contribution >= 4 is 11.6 Å². The quantitative estimate of drug-likeness (QED) is 0.185. The summed E-state index contributed by atoms with van der Waals surface area (Å²) in [4.78, 5) is 5.05. The fourth-order valence-electron chi connectivity index (χ4n) is 4.05. The van der Waals surface area contributed by atoms with E-state index in [1.807, 2.05) is 6.08 Å². The second-order valence-electron chi connectivity index (χ2n) is 9.26. The lowest BCUT2D eigenvalue weighted by Gasteiger charge is -2.14. The Morgan fingerprint density at radius 3 is 2.59 bits per heavy atom. The third-order valence-electron chi connectivity index (χ3n) is 6.43. The van der Waals surface area contributed by atoms with Gasteiger partial charge in [0.2, 0.25) is 0 Å². The standard InChI is InChI=1S/C32H45NO/c1-6-23-34-24-13-12-21-30-25-31(29(8-3)20-14-16-26(4)7-2)27(5)32(33-30)22-15-19-28-17-10-9-11-18-28/h8-12,17-18,20-21,25-26H,3,6-7,13-16,19,22-24H2,1-2,4-5H3/b21-12-,29-20+. The summed E-state index contributed by atoms with van der Waals surface area (Å²) in [5, 5.41) is 0. The van der Waals surface area contributed by atoms with Crippen LogP contribution >= 0.6 is 0 Å². The number of nitrogens with zero attached hydrogens (tertiary/aromatic N) is 1. The number of benzene rings is 1. The van der Waals surface area contributed by atoms with Crippen molar-refractivity contribution in [1.82, 2.24) is 4.98 Å². The number of allylic oxidation sites excluding steroid dienone is 3. The minimum atomic E-state index is 0.753. The molecule has 0 fully saturated rings. The fraction of sp³-hybridized carbons (Fsp3) is 0.469. The topological polar surface area (TPSA) is 22.1 Å². The molecule has 184 valence electrons. The van der Waals surface area contributed by atoms with E-state index in [1.165, 1.54) is 40.8 Å². The minimum absolute atomic E-state index is 0.753. The van der Waals surface area contributed by atoms with Crippen molar-refractivity contribution in [1.29, 1.82) is 0 Å². The highest BCUT2D eigenvalue weighted by molar-refractivity contribution is 5.77. The average molecular weight is 460 g/mol. The zero-order chi connectivity index (χ0) is 24.6. The van der Waals surface area contributed by atoms with Gasteiger partial charge in [-0.1, -0.05) is 82.3 Å². The summed E-state index contributed by atoms with van der Waals surface area (Å²) >= 11 is 0. The van der Waals surface area contributed by atoms with Crippen LogP contribution in [0.5, 0.6) is 0 Å². The summed E-state index contributed by atoms with van der Waals surface area (Å²) in [6, 6.07) is 13.0. The van der Waals surface area contributed by atoms with Crippen molar-refractivity contribution in [3.05, 3.63) is 89.3 Å². The first-order valence-corrected chi connectivity index (χ1v) is 13.2. The second kappa shape index (κ2) is 16.2. The number of rotatable bonds is 16. The van der Waals surface area contributed by atoms with E-state index in [2.05, 4.69) is 88.9 Å². The van der Waals surface area contributed by atoms with Crippen LogP contribution in [-0.2, 0) is 17.6 Å². The molecule has 1 heterocycles. The molecule has 0 spiro atoms. The van der Waals surface area contributed by atoms with Crippen LogP contribution in [-0.4, -0.2) is 18.2 Å². The Morgan fingerprint density at radius 1 is 1.09 bits per heavy atom. The van der Waals surface area contributed by atoms with Crippen molar-refractivity contribution in [2.24, 2.45) is 5.92 Å². The summed E-state index contributed by atoms with van der Waals surface area (Å²) in [5.74, 6) is 0.753. The minimum Gasteiger partial charge on any atom is -0.381 e. The first kappa shape index (κ1) is 27.8. The lowest BCUT2D eigenvalue weighted by molar-refractivity contribution is 0.139. The van der Waals surface area contributed by atoms with E-state index in [4.69, 9.17) is 9.72 Å². The van der Waals surface area contributed by atoms with E-state index < -0.39 is 0 Å². The Bertz CT molecular complexity index is 910. The van der Waals surface area contributed by atoms with Crippen molar-refractivity contribution < 1.29 is 4.74 Å². The van der Waals surface area contributed by atoms with Gasteiger partial charge in [0.25, 0.3) is 0 Å². The number of aryl methyl sites for hydroxylation is 2. The van der Waals surface area contributed by atoms with Crippen LogP contribution < -0.4 is 0 Å². The molecule has 0 saturated carbocycles. The van der Waals surface area contributed by atoms with E-state index in [-0.39, 0.29) is 0 Å². The molecule has 1 atom stereocenters. The van der Waals surface area contributed by atoms with Gasteiger partial charge in [0.1, 0.15) is 0 Å². The highest BCUT2D eigenvalue weighted by Crippen LogP contribution is 2.26. The largest absolute Gasteiger partial charge is 0.381 e. The monoisotopic (exact) mass is 459 g/mol. The smallest absolute Gasteiger partial charge is 0.0636 e. The normalized spacial score (nSPS) is 12.9. The highest BCUT2D eigenvalue weighted by Gasteiger charge is 2.11. The molecule has 2 rings (SSSR count). The van der Waals surface area contributed by atoms with Gasteiger partial charge in [0, 0.05) is 12.3 Å². The van der Waals surface area contributed by atoms with Crippen molar-refractivity contribution in [3.63, 3.8) is 0 Å². The SMILES string of the molecule is C=C/C(=C\CCC(C)CC)c1cc(/C=C\CCOCCC)nc(CCCc2ccccc2)c1C. The Balaban J connectivity index is 2.22. The third kappa shape index (κ3) is 9.81. The molecule has 0 amide bonds. The summed E-state index contributed by atoms with van der Waals surface area (Å²) < 4.78 is 5.62. The van der Waals surface area contributed by atoms with Gasteiger partial charge in [-0.05, 0) is 92.2 Å². The van der Waals surface area contributed by atoms with E-state index in [0.717, 1.165) is 63.4 Å². The molecule has 0 bridgehead atoms. The predicted octanol–water partition coefficient (Wildman–Crippen LogP) is 8.79. The number of hydrogen-bond donors (Lipinski definition) is 0. The Morgan fingerprint density at radius 2 is 1.88 bits per heavy atom. The number of ether oxygens (including phenoxy) is 1. The van der Waals surface area contributed by atoms with E-state index in [1.54, 1.807) is 0 Å². The summed E-state index contributed by atoms with van der Waals surface area (Å²) in [7, 11) is 0. The van der Waals surface area contributed by atoms with Crippen molar-refractivity contribution in [2.75, 3.05) is 13.2 Å². The van der Waals surface area contributed by atoms with Crippen molar-refractivity contribution in [3.8, 4) is 0 Å². The zero-order valence-corrected chi connectivity index (χ0v) is 22.0. The average Bonchev–Trinajstić information content (AvgIpc) is 2.86. The molecule has 0 aliphatic carbocycles. The van der Waals surface area contributed by atoms with Gasteiger partial charge in [-0.2, -0.15) is 0 Å². The highest BCUT2D eigenvalue weighted by atomic mass is 16.5. The second-order valence-corrected chi connectivity index (χ2v) is 9.26. The van der Waals surface area contributed by atoms with Crippen LogP contribution in [0.4, 0.5) is 0 Å². The van der Waals surface area contributed by atoms with Gasteiger partial charge in [0.15, 0.2) is 0 Å². The Hall–Kier alpha value is -2.45. The molecule has 0 N–H and O–H groups in total. The van der Waals surface area contributed by atoms with E-state index in [9.17, 15) is 0 Å². The molecule has 0 radical (unpaired) electrons. The van der Waals surface area contributed by atoms with Gasteiger partial charge in [0.05, 0.1) is 12.3 Å². The van der Waals surface area contributed by atoms with Crippen LogP contribution in [0, 0.1) is 12.8 Å². The molecule has 0 saturated heterocycles. The van der Waals surface area contributed by atoms with Crippen LogP contribution in [0.15, 0.2) is 61.2 Å². The molecule has 1 unspecified atom stereocenters. The summed E-state index contributed by atoms with van der Waals surface area (Å²) in [5.41, 5.74) is 7.40. The van der Waals surface area contributed by atoms with Crippen molar-refractivity contribution in [2.45, 2.75) is 79.1 Å². The zero-order valence-electron chi connectivity index (χ0n) is 22.0. The summed E-state index contributed by atoms with van der Waals surface area (Å²) in [6.45, 7) is 14.7. The van der Waals surface area contributed by atoms with Crippen LogP contribution in [0.1, 0.15) is 87.4 Å². The third-order valence-corrected chi connectivity index (χ3v) is 6.43. The molecule has 2 nitrogen and oxygen atoms in total. The molecule has 1 aromatic heterocycles. The number of pyridine rings is 1. The number of aromatic nitrogens is 1. The molecular weight excluding hydrogens is 414 g/mol. The van der Waals surface area contributed by atoms with Gasteiger partial charge < -0.3 is 4.74 Å². The first-order chi connectivity index (χ1) is 16.6. The van der Waals surface area contributed by atoms with Crippen LogP contribution in [0.2, 0.25) is 0 Å². The maximum atomic E-state index is 5.62.